The van der Waals surface area contributed by atoms with Crippen LogP contribution in [0.2, 0.25) is 0 Å². The predicted molar refractivity (Wildman–Crippen MR) is 72.7 cm³/mol. The normalized spacial score (nSPS) is 24.7. The summed E-state index contributed by atoms with van der Waals surface area (Å²) in [6.45, 7) is 3.68. The highest BCUT2D eigenvalue weighted by Crippen LogP contribution is 2.36. The van der Waals surface area contributed by atoms with Crippen LogP contribution in [0, 0.1) is 0 Å². The second kappa shape index (κ2) is 5.57. The minimum Gasteiger partial charge on any atom is -0.348 e. The molecule has 1 N–H and O–H groups in total. The van der Waals surface area contributed by atoms with Gasteiger partial charge in [-0.1, -0.05) is 6.07 Å². The van der Waals surface area contributed by atoms with Gasteiger partial charge in [-0.15, -0.1) is 0 Å². The van der Waals surface area contributed by atoms with E-state index in [2.05, 4.69) is 23.3 Å². The molecule has 2 fully saturated rings. The summed E-state index contributed by atoms with van der Waals surface area (Å²) >= 11 is 0. The van der Waals surface area contributed by atoms with E-state index in [0.717, 1.165) is 44.6 Å². The van der Waals surface area contributed by atoms with E-state index in [1.165, 1.54) is 0 Å². The Bertz CT molecular complexity index is 394. The van der Waals surface area contributed by atoms with Crippen molar-refractivity contribution in [3.05, 3.63) is 30.1 Å². The number of rotatable bonds is 3. The maximum atomic E-state index is 5.76. The summed E-state index contributed by atoms with van der Waals surface area (Å²) < 4.78 is 11.5. The Morgan fingerprint density at radius 1 is 1.26 bits per heavy atom. The first-order valence-electron chi connectivity index (χ1n) is 7.22. The van der Waals surface area contributed by atoms with Gasteiger partial charge in [-0.05, 0) is 31.9 Å². The molecule has 4 nitrogen and oxygen atoms in total. The first-order valence-corrected chi connectivity index (χ1v) is 7.22. The summed E-state index contributed by atoms with van der Waals surface area (Å²) in [6, 6.07) is 6.90. The van der Waals surface area contributed by atoms with Crippen molar-refractivity contribution < 1.29 is 9.47 Å². The largest absolute Gasteiger partial charge is 0.348 e. The van der Waals surface area contributed by atoms with E-state index in [4.69, 9.17) is 9.47 Å². The van der Waals surface area contributed by atoms with Gasteiger partial charge in [0.1, 0.15) is 0 Å². The average molecular weight is 262 g/mol. The van der Waals surface area contributed by atoms with Crippen molar-refractivity contribution in [3.63, 3.8) is 0 Å². The molecule has 19 heavy (non-hydrogen) atoms. The van der Waals surface area contributed by atoms with Gasteiger partial charge in [-0.25, -0.2) is 0 Å². The van der Waals surface area contributed by atoms with E-state index in [1.807, 2.05) is 18.3 Å². The number of nitrogens with one attached hydrogen (secondary N) is 1. The van der Waals surface area contributed by atoms with Gasteiger partial charge in [0, 0.05) is 31.1 Å². The summed E-state index contributed by atoms with van der Waals surface area (Å²) in [5, 5.41) is 3.67. The highest BCUT2D eigenvalue weighted by molar-refractivity contribution is 5.08. The lowest BCUT2D eigenvalue weighted by molar-refractivity contribution is -0.179. The first kappa shape index (κ1) is 13.0. The Morgan fingerprint density at radius 2 is 2.00 bits per heavy atom. The van der Waals surface area contributed by atoms with E-state index in [1.54, 1.807) is 0 Å². The van der Waals surface area contributed by atoms with E-state index in [9.17, 15) is 0 Å². The molecule has 1 spiro atoms. The molecule has 1 aromatic rings. The van der Waals surface area contributed by atoms with Crippen molar-refractivity contribution in [2.24, 2.45) is 0 Å². The Labute approximate surface area is 114 Å². The first-order chi connectivity index (χ1) is 9.27. The van der Waals surface area contributed by atoms with E-state index in [-0.39, 0.29) is 5.79 Å². The van der Waals surface area contributed by atoms with Gasteiger partial charge >= 0.3 is 0 Å². The molecule has 1 saturated carbocycles. The highest BCUT2D eigenvalue weighted by Gasteiger charge is 2.40. The second-order valence-corrected chi connectivity index (χ2v) is 5.52. The molecule has 104 valence electrons. The molecule has 4 heteroatoms. The molecule has 1 saturated heterocycles. The fourth-order valence-corrected chi connectivity index (χ4v) is 3.08. The number of hydrogen-bond acceptors (Lipinski definition) is 4. The van der Waals surface area contributed by atoms with Crippen LogP contribution in [0.3, 0.4) is 0 Å². The van der Waals surface area contributed by atoms with Crippen LogP contribution in [0.25, 0.3) is 0 Å². The van der Waals surface area contributed by atoms with Gasteiger partial charge in [0.2, 0.25) is 0 Å². The zero-order valence-electron chi connectivity index (χ0n) is 11.5. The van der Waals surface area contributed by atoms with Crippen LogP contribution < -0.4 is 5.32 Å². The molecule has 0 amide bonds. The zero-order valence-corrected chi connectivity index (χ0v) is 11.5. The standard InChI is InChI=1S/C15H22N2O2/c1-12(14-4-2-3-9-16-14)17-13-5-7-15(8-6-13)18-10-11-19-15/h2-4,9,12-13,17H,5-8,10-11H2,1H3/t12-/m0/s1. The molecule has 0 aromatic carbocycles. The van der Waals surface area contributed by atoms with Gasteiger partial charge in [-0.2, -0.15) is 0 Å². The van der Waals surface area contributed by atoms with Gasteiger partial charge in [0.25, 0.3) is 0 Å². The monoisotopic (exact) mass is 262 g/mol. The van der Waals surface area contributed by atoms with E-state index in [0.29, 0.717) is 12.1 Å². The number of pyridine rings is 1. The predicted octanol–water partition coefficient (Wildman–Crippen LogP) is 2.42. The van der Waals surface area contributed by atoms with Gasteiger partial charge < -0.3 is 14.8 Å². The Balaban J connectivity index is 1.52. The highest BCUT2D eigenvalue weighted by atomic mass is 16.7. The van der Waals surface area contributed by atoms with E-state index >= 15 is 0 Å². The summed E-state index contributed by atoms with van der Waals surface area (Å²) in [6.07, 6.45) is 6.07. The van der Waals surface area contributed by atoms with Crippen LogP contribution >= 0.6 is 0 Å². The SMILES string of the molecule is C[C@H](NC1CCC2(CC1)OCCO2)c1ccccn1. The number of ether oxygens (including phenoxy) is 2. The molecule has 1 atom stereocenters. The molecule has 0 bridgehead atoms. The van der Waals surface area contributed by atoms with Crippen molar-refractivity contribution in [1.82, 2.24) is 10.3 Å². The molecule has 2 heterocycles. The maximum Gasteiger partial charge on any atom is 0.168 e. The fraction of sp³-hybridized carbons (Fsp3) is 0.667. The fourth-order valence-electron chi connectivity index (χ4n) is 3.08. The smallest absolute Gasteiger partial charge is 0.168 e. The molecule has 0 unspecified atom stereocenters. The molecule has 1 aliphatic heterocycles. The molecular weight excluding hydrogens is 240 g/mol. The van der Waals surface area contributed by atoms with Crippen LogP contribution in [0.1, 0.15) is 44.3 Å². The number of aromatic nitrogens is 1. The third-order valence-corrected chi connectivity index (χ3v) is 4.18. The third-order valence-electron chi connectivity index (χ3n) is 4.18. The quantitative estimate of drug-likeness (QED) is 0.908. The Hall–Kier alpha value is -0.970. The number of hydrogen-bond donors (Lipinski definition) is 1. The van der Waals surface area contributed by atoms with Crippen molar-refractivity contribution in [1.29, 1.82) is 0 Å². The van der Waals surface area contributed by atoms with Crippen LogP contribution in [0.5, 0.6) is 0 Å². The summed E-state index contributed by atoms with van der Waals surface area (Å²) in [4.78, 5) is 4.40. The second-order valence-electron chi connectivity index (χ2n) is 5.52. The Kier molecular flexibility index (Phi) is 3.82. The minimum absolute atomic E-state index is 0.258. The summed E-state index contributed by atoms with van der Waals surface area (Å²) in [7, 11) is 0. The van der Waals surface area contributed by atoms with E-state index < -0.39 is 0 Å². The van der Waals surface area contributed by atoms with Crippen LogP contribution in [0.4, 0.5) is 0 Å². The third kappa shape index (κ3) is 2.96. The van der Waals surface area contributed by atoms with Crippen LogP contribution in [-0.4, -0.2) is 30.0 Å². The molecule has 0 radical (unpaired) electrons. The molecule has 3 rings (SSSR count). The average Bonchev–Trinajstić information content (AvgIpc) is 2.91. The zero-order chi connectivity index (χ0) is 13.1. The van der Waals surface area contributed by atoms with Gasteiger partial charge in [0.15, 0.2) is 5.79 Å². The van der Waals surface area contributed by atoms with Crippen LogP contribution in [-0.2, 0) is 9.47 Å². The number of nitrogens with zero attached hydrogens (tertiary/aromatic N) is 1. The van der Waals surface area contributed by atoms with Gasteiger partial charge in [-0.3, -0.25) is 4.98 Å². The van der Waals surface area contributed by atoms with Crippen molar-refractivity contribution >= 4 is 0 Å². The van der Waals surface area contributed by atoms with Crippen molar-refractivity contribution in [2.75, 3.05) is 13.2 Å². The summed E-state index contributed by atoms with van der Waals surface area (Å²) in [5.41, 5.74) is 1.11. The lowest BCUT2D eigenvalue weighted by atomic mass is 9.89. The molecular formula is C15H22N2O2. The van der Waals surface area contributed by atoms with Crippen molar-refractivity contribution in [3.8, 4) is 0 Å². The molecule has 2 aliphatic rings. The summed E-state index contributed by atoms with van der Waals surface area (Å²) in [5.74, 6) is -0.258. The van der Waals surface area contributed by atoms with Crippen molar-refractivity contribution in [2.45, 2.75) is 50.5 Å². The maximum absolute atomic E-state index is 5.76. The van der Waals surface area contributed by atoms with Crippen LogP contribution in [0.15, 0.2) is 24.4 Å². The van der Waals surface area contributed by atoms with Gasteiger partial charge in [0.05, 0.1) is 18.9 Å². The Morgan fingerprint density at radius 3 is 2.63 bits per heavy atom. The molecule has 1 aliphatic carbocycles. The lowest BCUT2D eigenvalue weighted by Gasteiger charge is -2.36. The topological polar surface area (TPSA) is 43.4 Å². The minimum atomic E-state index is -0.258. The lowest BCUT2D eigenvalue weighted by Crippen LogP contribution is -2.42. The molecule has 1 aromatic heterocycles.